The molecule has 0 spiro atoms. The van der Waals surface area contributed by atoms with Crippen molar-refractivity contribution in [1.29, 1.82) is 0 Å². The Balaban J connectivity index is 2.47. The van der Waals surface area contributed by atoms with Crippen molar-refractivity contribution in [2.45, 2.75) is 25.8 Å². The van der Waals surface area contributed by atoms with Crippen LogP contribution in [0.4, 0.5) is 5.69 Å². The fraction of sp³-hybridized carbons (Fsp3) is 0.455. The van der Waals surface area contributed by atoms with Crippen LogP contribution in [0.25, 0.3) is 0 Å². The lowest BCUT2D eigenvalue weighted by molar-refractivity contribution is 0.282. The molecule has 14 heavy (non-hydrogen) atoms. The van der Waals surface area contributed by atoms with Crippen molar-refractivity contribution < 1.29 is 5.11 Å². The standard InChI is InChI=1S/C11H16ClNO/c1-9(5-4-8-14)13-11-7-3-2-6-10(11)12/h2-3,6-7,9,13-14H,4-5,8H2,1H3/t9-/m1/s1. The minimum Gasteiger partial charge on any atom is -0.396 e. The molecule has 0 amide bonds. The molecule has 0 saturated heterocycles. The molecule has 2 N–H and O–H groups in total. The average molecular weight is 214 g/mol. The van der Waals surface area contributed by atoms with Gasteiger partial charge >= 0.3 is 0 Å². The van der Waals surface area contributed by atoms with Gasteiger partial charge < -0.3 is 10.4 Å². The summed E-state index contributed by atoms with van der Waals surface area (Å²) < 4.78 is 0. The second kappa shape index (κ2) is 5.89. The summed E-state index contributed by atoms with van der Waals surface area (Å²) in [5.74, 6) is 0. The number of hydrogen-bond acceptors (Lipinski definition) is 2. The molecule has 1 atom stereocenters. The monoisotopic (exact) mass is 213 g/mol. The van der Waals surface area contributed by atoms with Crippen LogP contribution in [-0.2, 0) is 0 Å². The van der Waals surface area contributed by atoms with Gasteiger partial charge in [0.15, 0.2) is 0 Å². The smallest absolute Gasteiger partial charge is 0.0637 e. The van der Waals surface area contributed by atoms with Crippen LogP contribution in [-0.4, -0.2) is 17.8 Å². The summed E-state index contributed by atoms with van der Waals surface area (Å²) in [6, 6.07) is 8.02. The zero-order valence-corrected chi connectivity index (χ0v) is 9.09. The van der Waals surface area contributed by atoms with E-state index in [0.717, 1.165) is 23.6 Å². The number of aliphatic hydroxyl groups excluding tert-OH is 1. The van der Waals surface area contributed by atoms with Gasteiger partial charge in [-0.2, -0.15) is 0 Å². The highest BCUT2D eigenvalue weighted by molar-refractivity contribution is 6.33. The molecule has 0 bridgehead atoms. The summed E-state index contributed by atoms with van der Waals surface area (Å²) in [6.45, 7) is 2.33. The van der Waals surface area contributed by atoms with E-state index in [1.165, 1.54) is 0 Å². The van der Waals surface area contributed by atoms with E-state index in [1.54, 1.807) is 0 Å². The minimum absolute atomic E-state index is 0.245. The molecule has 3 heteroatoms. The first-order valence-corrected chi connectivity index (χ1v) is 5.23. The van der Waals surface area contributed by atoms with Crippen LogP contribution in [0, 0.1) is 0 Å². The molecule has 1 aromatic carbocycles. The molecule has 1 rings (SSSR count). The molecule has 0 saturated carbocycles. The van der Waals surface area contributed by atoms with Crippen molar-refractivity contribution in [1.82, 2.24) is 0 Å². The Hall–Kier alpha value is -0.730. The summed E-state index contributed by atoms with van der Waals surface area (Å²) in [6.07, 6.45) is 1.76. The second-order valence-corrected chi connectivity index (χ2v) is 3.80. The fourth-order valence-electron chi connectivity index (χ4n) is 1.31. The van der Waals surface area contributed by atoms with E-state index in [4.69, 9.17) is 16.7 Å². The van der Waals surface area contributed by atoms with Crippen molar-refractivity contribution in [3.8, 4) is 0 Å². The van der Waals surface area contributed by atoms with Crippen molar-refractivity contribution in [3.63, 3.8) is 0 Å². The van der Waals surface area contributed by atoms with Crippen LogP contribution in [0.1, 0.15) is 19.8 Å². The first kappa shape index (κ1) is 11.3. The van der Waals surface area contributed by atoms with Crippen LogP contribution < -0.4 is 5.32 Å². The Morgan fingerprint density at radius 2 is 2.14 bits per heavy atom. The maximum atomic E-state index is 8.68. The quantitative estimate of drug-likeness (QED) is 0.789. The lowest BCUT2D eigenvalue weighted by atomic mass is 10.2. The number of anilines is 1. The number of aliphatic hydroxyl groups is 1. The van der Waals surface area contributed by atoms with Gasteiger partial charge in [-0.3, -0.25) is 0 Å². The average Bonchev–Trinajstić information content (AvgIpc) is 2.18. The van der Waals surface area contributed by atoms with Crippen LogP contribution in [0.3, 0.4) is 0 Å². The molecule has 1 aromatic rings. The van der Waals surface area contributed by atoms with E-state index in [1.807, 2.05) is 24.3 Å². The zero-order valence-electron chi connectivity index (χ0n) is 8.33. The third-order valence-electron chi connectivity index (χ3n) is 2.07. The van der Waals surface area contributed by atoms with Crippen molar-refractivity contribution in [3.05, 3.63) is 29.3 Å². The van der Waals surface area contributed by atoms with E-state index >= 15 is 0 Å². The summed E-state index contributed by atoms with van der Waals surface area (Å²) in [5, 5.41) is 12.7. The fourth-order valence-corrected chi connectivity index (χ4v) is 1.50. The molecular formula is C11H16ClNO. The number of benzene rings is 1. The number of rotatable bonds is 5. The van der Waals surface area contributed by atoms with Gasteiger partial charge in [-0.05, 0) is 31.9 Å². The van der Waals surface area contributed by atoms with E-state index < -0.39 is 0 Å². The lowest BCUT2D eigenvalue weighted by Crippen LogP contribution is -2.15. The van der Waals surface area contributed by atoms with E-state index in [9.17, 15) is 0 Å². The largest absolute Gasteiger partial charge is 0.396 e. The SMILES string of the molecule is C[C@H](CCCO)Nc1ccccc1Cl. The van der Waals surface area contributed by atoms with Crippen molar-refractivity contribution in [2.75, 3.05) is 11.9 Å². The summed E-state index contributed by atoms with van der Waals surface area (Å²) >= 11 is 5.99. The Labute approximate surface area is 89.9 Å². The van der Waals surface area contributed by atoms with Gasteiger partial charge in [0.05, 0.1) is 10.7 Å². The van der Waals surface area contributed by atoms with E-state index in [0.29, 0.717) is 6.04 Å². The lowest BCUT2D eigenvalue weighted by Gasteiger charge is -2.15. The number of para-hydroxylation sites is 1. The number of halogens is 1. The summed E-state index contributed by atoms with van der Waals surface area (Å²) in [5.41, 5.74) is 0.958. The first-order valence-electron chi connectivity index (χ1n) is 4.86. The highest BCUT2D eigenvalue weighted by Gasteiger charge is 2.03. The van der Waals surface area contributed by atoms with Gasteiger partial charge in [0.1, 0.15) is 0 Å². The highest BCUT2D eigenvalue weighted by Crippen LogP contribution is 2.21. The summed E-state index contributed by atoms with van der Waals surface area (Å²) in [7, 11) is 0. The van der Waals surface area contributed by atoms with Gasteiger partial charge in [-0.1, -0.05) is 23.7 Å². The van der Waals surface area contributed by atoms with Crippen LogP contribution in [0.5, 0.6) is 0 Å². The molecule has 0 aromatic heterocycles. The van der Waals surface area contributed by atoms with Crippen molar-refractivity contribution in [2.24, 2.45) is 0 Å². The topological polar surface area (TPSA) is 32.3 Å². The maximum Gasteiger partial charge on any atom is 0.0637 e. The van der Waals surface area contributed by atoms with Gasteiger partial charge in [0.25, 0.3) is 0 Å². The van der Waals surface area contributed by atoms with Gasteiger partial charge in [0.2, 0.25) is 0 Å². The highest BCUT2D eigenvalue weighted by atomic mass is 35.5. The van der Waals surface area contributed by atoms with Gasteiger partial charge in [-0.15, -0.1) is 0 Å². The predicted octanol–water partition coefficient (Wildman–Crippen LogP) is 2.91. The van der Waals surface area contributed by atoms with Crippen LogP contribution >= 0.6 is 11.6 Å². The van der Waals surface area contributed by atoms with Crippen LogP contribution in [0.2, 0.25) is 5.02 Å². The van der Waals surface area contributed by atoms with E-state index in [-0.39, 0.29) is 6.61 Å². The van der Waals surface area contributed by atoms with Gasteiger partial charge in [-0.25, -0.2) is 0 Å². The maximum absolute atomic E-state index is 8.68. The Morgan fingerprint density at radius 3 is 2.79 bits per heavy atom. The normalized spacial score (nSPS) is 12.5. The summed E-state index contributed by atoms with van der Waals surface area (Å²) in [4.78, 5) is 0. The van der Waals surface area contributed by atoms with E-state index in [2.05, 4.69) is 12.2 Å². The predicted molar refractivity (Wildman–Crippen MR) is 60.9 cm³/mol. The third-order valence-corrected chi connectivity index (χ3v) is 2.40. The molecule has 0 aliphatic heterocycles. The first-order chi connectivity index (χ1) is 6.74. The van der Waals surface area contributed by atoms with Gasteiger partial charge in [0, 0.05) is 12.6 Å². The van der Waals surface area contributed by atoms with Crippen molar-refractivity contribution >= 4 is 17.3 Å². The molecule has 0 heterocycles. The molecule has 0 unspecified atom stereocenters. The number of nitrogens with one attached hydrogen (secondary N) is 1. The molecular weight excluding hydrogens is 198 g/mol. The Bertz CT molecular complexity index is 278. The molecule has 0 aliphatic rings. The number of hydrogen-bond donors (Lipinski definition) is 2. The Kier molecular flexibility index (Phi) is 4.77. The van der Waals surface area contributed by atoms with Crippen LogP contribution in [0.15, 0.2) is 24.3 Å². The minimum atomic E-state index is 0.245. The zero-order chi connectivity index (χ0) is 10.4. The molecule has 78 valence electrons. The Morgan fingerprint density at radius 1 is 1.43 bits per heavy atom. The molecule has 0 aliphatic carbocycles. The molecule has 0 fully saturated rings. The second-order valence-electron chi connectivity index (χ2n) is 3.39. The molecule has 0 radical (unpaired) electrons. The third kappa shape index (κ3) is 3.56. The molecule has 2 nitrogen and oxygen atoms in total.